The summed E-state index contributed by atoms with van der Waals surface area (Å²) < 4.78 is 1.32. The zero-order valence-electron chi connectivity index (χ0n) is 9.36. The van der Waals surface area contributed by atoms with Crippen LogP contribution < -0.4 is 0 Å². The summed E-state index contributed by atoms with van der Waals surface area (Å²) in [5, 5.41) is 1.29. The van der Waals surface area contributed by atoms with Crippen LogP contribution in [-0.4, -0.2) is 0 Å². The number of hydrogen-bond donors (Lipinski definition) is 0. The van der Waals surface area contributed by atoms with Crippen LogP contribution in [-0.2, 0) is 0 Å². The monoisotopic (exact) mass is 226 g/mol. The Morgan fingerprint density at radius 1 is 1.25 bits per heavy atom. The third-order valence-corrected chi connectivity index (χ3v) is 3.63. The second-order valence-corrected chi connectivity index (χ2v) is 4.76. The van der Waals surface area contributed by atoms with E-state index in [9.17, 15) is 0 Å². The van der Waals surface area contributed by atoms with E-state index >= 15 is 0 Å². The fraction of sp³-hybridized carbons (Fsp3) is 0.0667. The Hall–Kier alpha value is -1.60. The largest absolute Gasteiger partial charge is 0.135 e. The van der Waals surface area contributed by atoms with E-state index in [-0.39, 0.29) is 0 Å². The molecule has 1 aromatic heterocycles. The van der Waals surface area contributed by atoms with Gasteiger partial charge in [-0.15, -0.1) is 11.3 Å². The SMILES string of the molecule is C=C/C=C\c1sc2cc(C)ccc2c1C=C. The molecule has 0 bridgehead atoms. The number of hydrogen-bond acceptors (Lipinski definition) is 1. The van der Waals surface area contributed by atoms with Crippen LogP contribution in [0.5, 0.6) is 0 Å². The molecule has 0 aliphatic heterocycles. The smallest absolute Gasteiger partial charge is 0.0358 e. The van der Waals surface area contributed by atoms with E-state index in [0.29, 0.717) is 0 Å². The summed E-state index contributed by atoms with van der Waals surface area (Å²) in [7, 11) is 0. The summed E-state index contributed by atoms with van der Waals surface area (Å²) in [5.74, 6) is 0. The molecule has 0 atom stereocenters. The lowest BCUT2D eigenvalue weighted by atomic mass is 10.1. The van der Waals surface area contributed by atoms with Crippen molar-refractivity contribution in [3.63, 3.8) is 0 Å². The molecule has 0 N–H and O–H groups in total. The predicted octanol–water partition coefficient (Wildman–Crippen LogP) is 5.05. The Morgan fingerprint density at radius 2 is 2.06 bits per heavy atom. The van der Waals surface area contributed by atoms with Crippen molar-refractivity contribution in [2.24, 2.45) is 0 Å². The Balaban J connectivity index is 2.70. The summed E-state index contributed by atoms with van der Waals surface area (Å²) in [4.78, 5) is 1.25. The van der Waals surface area contributed by atoms with Crippen molar-refractivity contribution >= 4 is 33.6 Å². The molecule has 0 aliphatic carbocycles. The van der Waals surface area contributed by atoms with Gasteiger partial charge < -0.3 is 0 Å². The van der Waals surface area contributed by atoms with Crippen LogP contribution in [0.25, 0.3) is 22.2 Å². The topological polar surface area (TPSA) is 0 Å². The van der Waals surface area contributed by atoms with Crippen molar-refractivity contribution in [3.8, 4) is 0 Å². The molecular formula is C15H14S. The van der Waals surface area contributed by atoms with Crippen LogP contribution in [0, 0.1) is 6.92 Å². The minimum absolute atomic E-state index is 1.22. The minimum atomic E-state index is 1.22. The summed E-state index contributed by atoms with van der Waals surface area (Å²) in [6.07, 6.45) is 7.77. The van der Waals surface area contributed by atoms with Crippen LogP contribution >= 0.6 is 11.3 Å². The van der Waals surface area contributed by atoms with Crippen LogP contribution in [0.3, 0.4) is 0 Å². The van der Waals surface area contributed by atoms with Gasteiger partial charge in [-0.05, 0) is 30.2 Å². The van der Waals surface area contributed by atoms with Crippen molar-refractivity contribution in [2.75, 3.05) is 0 Å². The molecule has 1 heteroatoms. The van der Waals surface area contributed by atoms with Gasteiger partial charge in [0.25, 0.3) is 0 Å². The molecule has 80 valence electrons. The lowest BCUT2D eigenvalue weighted by molar-refractivity contribution is 1.52. The van der Waals surface area contributed by atoms with E-state index in [1.54, 1.807) is 17.4 Å². The van der Waals surface area contributed by atoms with Gasteiger partial charge in [0.2, 0.25) is 0 Å². The molecule has 16 heavy (non-hydrogen) atoms. The van der Waals surface area contributed by atoms with Gasteiger partial charge in [0.15, 0.2) is 0 Å². The molecule has 0 radical (unpaired) electrons. The quantitative estimate of drug-likeness (QED) is 0.642. The van der Waals surface area contributed by atoms with Crippen molar-refractivity contribution in [1.82, 2.24) is 0 Å². The first-order chi connectivity index (χ1) is 7.76. The number of thiophene rings is 1. The number of rotatable bonds is 3. The lowest BCUT2D eigenvalue weighted by Gasteiger charge is -1.94. The van der Waals surface area contributed by atoms with E-state index in [2.05, 4.69) is 44.4 Å². The van der Waals surface area contributed by atoms with Crippen molar-refractivity contribution in [1.29, 1.82) is 0 Å². The fourth-order valence-corrected chi connectivity index (χ4v) is 2.95. The Bertz CT molecular complexity index is 570. The summed E-state index contributed by atoms with van der Waals surface area (Å²) >= 11 is 1.80. The number of fused-ring (bicyclic) bond motifs is 1. The maximum Gasteiger partial charge on any atom is 0.0358 e. The van der Waals surface area contributed by atoms with Gasteiger partial charge in [0.1, 0.15) is 0 Å². The molecule has 0 unspecified atom stereocenters. The molecule has 0 amide bonds. The normalized spacial score (nSPS) is 11.1. The predicted molar refractivity (Wildman–Crippen MR) is 75.9 cm³/mol. The number of allylic oxidation sites excluding steroid dienone is 2. The Labute approximate surface area is 100 Å². The van der Waals surface area contributed by atoms with Crippen molar-refractivity contribution < 1.29 is 0 Å². The van der Waals surface area contributed by atoms with Crippen LogP contribution in [0.1, 0.15) is 16.0 Å². The van der Waals surface area contributed by atoms with E-state index in [0.717, 1.165) is 0 Å². The highest BCUT2D eigenvalue weighted by Gasteiger charge is 2.06. The van der Waals surface area contributed by atoms with E-state index in [1.165, 1.54) is 26.1 Å². The summed E-state index contributed by atoms with van der Waals surface area (Å²) in [6, 6.07) is 6.53. The zero-order valence-corrected chi connectivity index (χ0v) is 10.2. The second kappa shape index (κ2) is 4.50. The highest BCUT2D eigenvalue weighted by atomic mass is 32.1. The Kier molecular flexibility index (Phi) is 3.07. The van der Waals surface area contributed by atoms with Gasteiger partial charge in [0.05, 0.1) is 0 Å². The molecule has 2 aromatic rings. The molecular weight excluding hydrogens is 212 g/mol. The molecule has 0 saturated carbocycles. The summed E-state index contributed by atoms with van der Waals surface area (Å²) in [5.41, 5.74) is 2.52. The highest BCUT2D eigenvalue weighted by Crippen LogP contribution is 2.33. The summed E-state index contributed by atoms with van der Waals surface area (Å²) in [6.45, 7) is 9.70. The van der Waals surface area contributed by atoms with Crippen LogP contribution in [0.15, 0.2) is 43.5 Å². The average molecular weight is 226 g/mol. The first kappa shape index (κ1) is 10.9. The third-order valence-electron chi connectivity index (χ3n) is 2.50. The number of benzene rings is 1. The van der Waals surface area contributed by atoms with Crippen molar-refractivity contribution in [3.05, 3.63) is 59.5 Å². The first-order valence-electron chi connectivity index (χ1n) is 5.21. The van der Waals surface area contributed by atoms with Gasteiger partial charge in [-0.2, -0.15) is 0 Å². The molecule has 1 heterocycles. The molecule has 0 spiro atoms. The lowest BCUT2D eigenvalue weighted by Crippen LogP contribution is -1.73. The number of aryl methyl sites for hydroxylation is 1. The highest BCUT2D eigenvalue weighted by molar-refractivity contribution is 7.20. The third kappa shape index (κ3) is 1.86. The van der Waals surface area contributed by atoms with Gasteiger partial charge in [0, 0.05) is 15.0 Å². The van der Waals surface area contributed by atoms with Crippen LogP contribution in [0.4, 0.5) is 0 Å². The van der Waals surface area contributed by atoms with Gasteiger partial charge >= 0.3 is 0 Å². The molecule has 0 nitrogen and oxygen atoms in total. The first-order valence-corrected chi connectivity index (χ1v) is 6.02. The maximum atomic E-state index is 3.89. The standard InChI is InChI=1S/C15H14S/c1-4-6-7-14-12(5-2)13-9-8-11(3)10-15(13)16-14/h4-10H,1-2H2,3H3/b7-6-. The molecule has 1 aromatic carbocycles. The maximum absolute atomic E-state index is 3.89. The van der Waals surface area contributed by atoms with Crippen molar-refractivity contribution in [2.45, 2.75) is 6.92 Å². The fourth-order valence-electron chi connectivity index (χ4n) is 1.73. The molecule has 0 saturated heterocycles. The van der Waals surface area contributed by atoms with Gasteiger partial charge in [-0.1, -0.05) is 43.5 Å². The van der Waals surface area contributed by atoms with E-state index in [4.69, 9.17) is 0 Å². The van der Waals surface area contributed by atoms with E-state index < -0.39 is 0 Å². The van der Waals surface area contributed by atoms with Crippen LogP contribution in [0.2, 0.25) is 0 Å². The van der Waals surface area contributed by atoms with E-state index in [1.807, 2.05) is 12.2 Å². The molecule has 0 aliphatic rings. The minimum Gasteiger partial charge on any atom is -0.135 e. The molecule has 2 rings (SSSR count). The van der Waals surface area contributed by atoms with Gasteiger partial charge in [-0.3, -0.25) is 0 Å². The average Bonchev–Trinajstić information content (AvgIpc) is 2.62. The Morgan fingerprint density at radius 3 is 2.75 bits per heavy atom. The molecule has 0 fully saturated rings. The second-order valence-electron chi connectivity index (χ2n) is 3.68. The zero-order chi connectivity index (χ0) is 11.5. The van der Waals surface area contributed by atoms with Gasteiger partial charge in [-0.25, -0.2) is 0 Å².